The quantitative estimate of drug-likeness (QED) is 0.114. The SMILES string of the molecule is [Cu+2].c1ccc(C2CCC3C4[N-]C(NC5[N-]C(NC6NC(NC7NC(N4)C4CCC(c8ccccc8)CC74)C4CC(c7ccccc7)CCC64)C4CCC(c6ccccc6)CC54)C3C2)cc1. The second-order valence-corrected chi connectivity index (χ2v) is 22.0. The van der Waals surface area contributed by atoms with Crippen LogP contribution in [0.2, 0.25) is 0 Å². The van der Waals surface area contributed by atoms with E-state index < -0.39 is 0 Å². The minimum absolute atomic E-state index is 0. The fourth-order valence-electron chi connectivity index (χ4n) is 15.9. The summed E-state index contributed by atoms with van der Waals surface area (Å²) in [6.45, 7) is 0. The second-order valence-electron chi connectivity index (χ2n) is 22.0. The van der Waals surface area contributed by atoms with Gasteiger partial charge in [-0.05, 0) is 170 Å². The Morgan fingerprint density at radius 1 is 0.277 bits per heavy atom. The fourth-order valence-corrected chi connectivity index (χ4v) is 15.9. The largest absolute Gasteiger partial charge is 2.00 e. The summed E-state index contributed by atoms with van der Waals surface area (Å²) in [5.41, 5.74) is 6.04. The van der Waals surface area contributed by atoms with Crippen molar-refractivity contribution in [3.8, 4) is 0 Å². The molecule has 4 aromatic rings. The van der Waals surface area contributed by atoms with Crippen molar-refractivity contribution in [3.05, 3.63) is 154 Å². The van der Waals surface area contributed by atoms with Crippen LogP contribution < -0.4 is 31.9 Å². The van der Waals surface area contributed by atoms with Crippen molar-refractivity contribution in [1.29, 1.82) is 0 Å². The monoisotopic (exact) mass is 918 g/mol. The maximum Gasteiger partial charge on any atom is 2.00 e. The Bertz CT molecular complexity index is 1880. The van der Waals surface area contributed by atoms with Crippen LogP contribution in [0, 0.1) is 47.3 Å². The smallest absolute Gasteiger partial charge is 0.632 e. The Morgan fingerprint density at radius 3 is 0.892 bits per heavy atom. The van der Waals surface area contributed by atoms with Gasteiger partial charge in [-0.2, -0.15) is 0 Å². The number of rotatable bonds is 4. The normalized spacial score (nSPS) is 44.2. The van der Waals surface area contributed by atoms with Gasteiger partial charge in [0.1, 0.15) is 0 Å². The van der Waals surface area contributed by atoms with E-state index in [-0.39, 0.29) is 66.4 Å². The van der Waals surface area contributed by atoms with Crippen LogP contribution in [-0.2, 0) is 17.1 Å². The van der Waals surface area contributed by atoms with Gasteiger partial charge in [0.2, 0.25) is 0 Å². The zero-order valence-electron chi connectivity index (χ0n) is 37.8. The molecule has 9 fully saturated rings. The number of hydrogen-bond acceptors (Lipinski definition) is 6. The number of benzene rings is 4. The topological polar surface area (TPSA) is 100 Å². The van der Waals surface area contributed by atoms with E-state index in [1.165, 1.54) is 99.3 Å². The van der Waals surface area contributed by atoms with Crippen LogP contribution in [0.15, 0.2) is 121 Å². The van der Waals surface area contributed by atoms with E-state index in [1.54, 1.807) is 0 Å². The van der Waals surface area contributed by atoms with Crippen LogP contribution in [0.25, 0.3) is 10.6 Å². The summed E-state index contributed by atoms with van der Waals surface area (Å²) in [5, 5.41) is 38.0. The molecule has 5 heterocycles. The molecule has 1 radical (unpaired) electrons. The summed E-state index contributed by atoms with van der Waals surface area (Å²) >= 11 is 0. The fraction of sp³-hybridized carbons (Fsp3) is 0.571. The molecule has 6 N–H and O–H groups in total. The Labute approximate surface area is 398 Å². The van der Waals surface area contributed by atoms with Gasteiger partial charge < -0.3 is 26.6 Å². The van der Waals surface area contributed by atoms with Gasteiger partial charge >= 0.3 is 17.1 Å². The number of nitrogens with zero attached hydrogens (tertiary/aromatic N) is 2. The number of nitrogens with one attached hydrogen (secondary N) is 6. The molecule has 13 rings (SSSR count). The minimum atomic E-state index is 0. The van der Waals surface area contributed by atoms with Gasteiger partial charge in [-0.3, -0.25) is 16.0 Å². The molecule has 20 atom stereocenters. The zero-order chi connectivity index (χ0) is 42.1. The molecule has 65 heavy (non-hydrogen) atoms. The van der Waals surface area contributed by atoms with E-state index in [9.17, 15) is 0 Å². The molecule has 9 aliphatic rings. The Morgan fingerprint density at radius 2 is 0.554 bits per heavy atom. The third-order valence-corrected chi connectivity index (χ3v) is 19.0. The summed E-state index contributed by atoms with van der Waals surface area (Å²) in [6.07, 6.45) is 16.1. The first kappa shape index (κ1) is 43.4. The molecule has 0 spiro atoms. The maximum atomic E-state index is 5.90. The van der Waals surface area contributed by atoms with E-state index in [4.69, 9.17) is 10.6 Å². The molecule has 0 amide bonds. The van der Waals surface area contributed by atoms with Crippen LogP contribution in [0.5, 0.6) is 0 Å². The van der Waals surface area contributed by atoms with E-state index in [0.29, 0.717) is 71.0 Å². The van der Waals surface area contributed by atoms with Crippen LogP contribution in [0.4, 0.5) is 0 Å². The summed E-state index contributed by atoms with van der Waals surface area (Å²) < 4.78 is 0. The van der Waals surface area contributed by atoms with Crippen molar-refractivity contribution < 1.29 is 17.1 Å². The minimum Gasteiger partial charge on any atom is -0.632 e. The predicted molar refractivity (Wildman–Crippen MR) is 256 cm³/mol. The Hall–Kier alpha value is -2.92. The summed E-state index contributed by atoms with van der Waals surface area (Å²) in [6, 6.07) is 45.6. The van der Waals surface area contributed by atoms with Gasteiger partial charge in [-0.15, -0.1) is 0 Å². The van der Waals surface area contributed by atoms with Crippen molar-refractivity contribution in [2.45, 2.75) is 150 Å². The van der Waals surface area contributed by atoms with E-state index in [2.05, 4.69) is 153 Å². The average molecular weight is 919 g/mol. The molecule has 5 aliphatic heterocycles. The summed E-state index contributed by atoms with van der Waals surface area (Å²) in [4.78, 5) is 0. The summed E-state index contributed by atoms with van der Waals surface area (Å²) in [5.74, 6) is 6.58. The summed E-state index contributed by atoms with van der Waals surface area (Å²) in [7, 11) is 0. The van der Waals surface area contributed by atoms with Gasteiger partial charge in [0.15, 0.2) is 0 Å². The molecule has 0 aromatic heterocycles. The van der Waals surface area contributed by atoms with Crippen molar-refractivity contribution in [2.75, 3.05) is 0 Å². The van der Waals surface area contributed by atoms with Crippen LogP contribution in [-0.4, -0.2) is 49.3 Å². The third kappa shape index (κ3) is 8.22. The number of hydrogen-bond donors (Lipinski definition) is 6. The van der Waals surface area contributed by atoms with E-state index in [0.717, 1.165) is 0 Å². The molecule has 4 aliphatic carbocycles. The molecule has 9 heteroatoms. The van der Waals surface area contributed by atoms with Crippen molar-refractivity contribution >= 4 is 0 Å². The second kappa shape index (κ2) is 18.5. The number of fused-ring (bicyclic) bond motifs is 20. The van der Waals surface area contributed by atoms with Gasteiger partial charge in [0.25, 0.3) is 0 Å². The van der Waals surface area contributed by atoms with Gasteiger partial charge in [0.05, 0.1) is 24.7 Å². The van der Waals surface area contributed by atoms with Crippen molar-refractivity contribution in [3.63, 3.8) is 0 Å². The van der Waals surface area contributed by atoms with Crippen molar-refractivity contribution in [2.24, 2.45) is 47.3 Å². The van der Waals surface area contributed by atoms with Crippen molar-refractivity contribution in [1.82, 2.24) is 31.9 Å². The molecule has 4 saturated carbocycles. The standard InChI is InChI=1S/C56H70N8.Cu/c1-5-13-33(14-6-1)37-21-25-41-45(29-37)53-59-49(41)57-50-43-27-23-39(35-17-9-3-10-18-35)31-47(43)55(61-50)64-56-48-32-40(36-19-11-4-12-20-36)24-28-44(48)52(62-56)58-51-42-26-22-38(34-15-7-2-8-16-34)30-46(42)54(60-51)63-53;/h1-20,37-60,63-64H,21-32H2;/q-2;+2. The molecular weight excluding hydrogens is 848 g/mol. The molecule has 20 unspecified atom stereocenters. The first-order valence-electron chi connectivity index (χ1n) is 25.8. The first-order chi connectivity index (χ1) is 31.7. The average Bonchev–Trinajstić information content (AvgIpc) is 4.10. The zero-order valence-corrected chi connectivity index (χ0v) is 38.7. The Kier molecular flexibility index (Phi) is 12.4. The molecule has 345 valence electrons. The third-order valence-electron chi connectivity index (χ3n) is 19.0. The van der Waals surface area contributed by atoms with Gasteiger partial charge in [-0.25, -0.2) is 0 Å². The first-order valence-corrected chi connectivity index (χ1v) is 25.8. The van der Waals surface area contributed by atoms with Gasteiger partial charge in [0, 0.05) is 0 Å². The Balaban J connectivity index is 0.00000444. The molecule has 8 nitrogen and oxygen atoms in total. The van der Waals surface area contributed by atoms with E-state index >= 15 is 0 Å². The van der Waals surface area contributed by atoms with Crippen LogP contribution >= 0.6 is 0 Å². The van der Waals surface area contributed by atoms with Crippen LogP contribution in [0.1, 0.15) is 123 Å². The molecular formula is C56H70CuN8. The van der Waals surface area contributed by atoms with Crippen LogP contribution in [0.3, 0.4) is 0 Å². The molecule has 5 saturated heterocycles. The van der Waals surface area contributed by atoms with E-state index in [1.807, 2.05) is 0 Å². The predicted octanol–water partition coefficient (Wildman–Crippen LogP) is 9.75. The maximum absolute atomic E-state index is 5.90. The molecule has 8 bridgehead atoms. The van der Waals surface area contributed by atoms with Gasteiger partial charge in [-0.1, -0.05) is 146 Å². The molecule has 4 aromatic carbocycles.